The summed E-state index contributed by atoms with van der Waals surface area (Å²) in [6.07, 6.45) is 8.69. The van der Waals surface area contributed by atoms with Gasteiger partial charge in [-0.1, -0.05) is 37.5 Å². The molecule has 1 aromatic heterocycles. The zero-order valence-corrected chi connectivity index (χ0v) is 21.2. The molecule has 1 unspecified atom stereocenters. The molecule has 6 nitrogen and oxygen atoms in total. The minimum Gasteiger partial charge on any atom is -0.497 e. The van der Waals surface area contributed by atoms with Crippen LogP contribution in [0.25, 0.3) is 22.2 Å². The predicted molar refractivity (Wildman–Crippen MR) is 143 cm³/mol. The first-order chi connectivity index (χ1) is 17.6. The van der Waals surface area contributed by atoms with Gasteiger partial charge in [-0.15, -0.1) is 0 Å². The van der Waals surface area contributed by atoms with Gasteiger partial charge in [0.15, 0.2) is 0 Å². The number of nitrogens with one attached hydrogen (secondary N) is 2. The number of aryl methyl sites for hydroxylation is 1. The summed E-state index contributed by atoms with van der Waals surface area (Å²) < 4.78 is 5.32. The molecule has 2 N–H and O–H groups in total. The highest BCUT2D eigenvalue weighted by atomic mass is 16.5. The number of aromatic nitrogens is 1. The number of piperidine rings is 1. The van der Waals surface area contributed by atoms with Crippen LogP contribution in [0.4, 0.5) is 0 Å². The van der Waals surface area contributed by atoms with Gasteiger partial charge in [-0.05, 0) is 73.6 Å². The third-order valence-corrected chi connectivity index (χ3v) is 7.88. The van der Waals surface area contributed by atoms with Gasteiger partial charge in [-0.3, -0.25) is 9.59 Å². The van der Waals surface area contributed by atoms with Gasteiger partial charge >= 0.3 is 0 Å². The van der Waals surface area contributed by atoms with Crippen molar-refractivity contribution < 1.29 is 14.3 Å². The Balaban J connectivity index is 1.26. The van der Waals surface area contributed by atoms with Crippen LogP contribution in [0.3, 0.4) is 0 Å². The van der Waals surface area contributed by atoms with Crippen LogP contribution in [0.5, 0.6) is 5.75 Å². The number of benzene rings is 2. The number of rotatable bonds is 7. The molecule has 5 rings (SSSR count). The summed E-state index contributed by atoms with van der Waals surface area (Å²) in [5, 5.41) is 4.42. The maximum absolute atomic E-state index is 13.3. The Kier molecular flexibility index (Phi) is 7.59. The number of ether oxygens (including phenoxy) is 1. The molecule has 3 aromatic rings. The standard InChI is InChI=1S/C30H37N3O3/c1-36-24-15-13-21(14-16-24)29-26(25-11-5-6-12-27(25)32-29)17-18-28(34)33-19-7-8-22(20-33)30(35)31-23-9-3-2-4-10-23/h5-6,11-16,22-23,32H,2-4,7-10,17-20H2,1H3,(H,31,35). The van der Waals surface area contributed by atoms with E-state index in [4.69, 9.17) is 4.74 Å². The average Bonchev–Trinajstić information content (AvgIpc) is 3.31. The molecular weight excluding hydrogens is 450 g/mol. The average molecular weight is 488 g/mol. The number of H-pyrrole nitrogens is 1. The van der Waals surface area contributed by atoms with Crippen molar-refractivity contribution in [3.8, 4) is 17.0 Å². The summed E-state index contributed by atoms with van der Waals surface area (Å²) in [5.41, 5.74) is 4.36. The van der Waals surface area contributed by atoms with Crippen LogP contribution in [0.1, 0.15) is 56.9 Å². The summed E-state index contributed by atoms with van der Waals surface area (Å²) in [5.74, 6) is 1.00. The molecule has 0 spiro atoms. The number of nitrogens with zero attached hydrogens (tertiary/aromatic N) is 1. The molecule has 0 radical (unpaired) electrons. The van der Waals surface area contributed by atoms with Crippen molar-refractivity contribution in [1.29, 1.82) is 0 Å². The highest BCUT2D eigenvalue weighted by Gasteiger charge is 2.30. The summed E-state index contributed by atoms with van der Waals surface area (Å²) in [7, 11) is 1.67. The predicted octanol–water partition coefficient (Wildman–Crippen LogP) is 5.46. The van der Waals surface area contributed by atoms with E-state index in [2.05, 4.69) is 34.6 Å². The number of likely N-dealkylation sites (tertiary alicyclic amines) is 1. The Hall–Kier alpha value is -3.28. The van der Waals surface area contributed by atoms with Crippen molar-refractivity contribution in [2.75, 3.05) is 20.2 Å². The van der Waals surface area contributed by atoms with Crippen LogP contribution < -0.4 is 10.1 Å². The second-order valence-electron chi connectivity index (χ2n) is 10.3. The third kappa shape index (κ3) is 5.43. The first kappa shape index (κ1) is 24.4. The number of amides is 2. The fourth-order valence-electron chi connectivity index (χ4n) is 5.84. The van der Waals surface area contributed by atoms with E-state index in [-0.39, 0.29) is 17.7 Å². The minimum absolute atomic E-state index is 0.0902. The van der Waals surface area contributed by atoms with Crippen LogP contribution in [0.15, 0.2) is 48.5 Å². The lowest BCUT2D eigenvalue weighted by molar-refractivity contribution is -0.136. The number of aromatic amines is 1. The number of hydrogen-bond acceptors (Lipinski definition) is 3. The molecule has 0 bridgehead atoms. The SMILES string of the molecule is COc1ccc(-c2[nH]c3ccccc3c2CCC(=O)N2CCCC(C(=O)NC3CCCCC3)C2)cc1. The molecule has 2 aromatic carbocycles. The van der Waals surface area contributed by atoms with E-state index in [0.29, 0.717) is 25.4 Å². The molecule has 1 aliphatic carbocycles. The Morgan fingerprint density at radius 2 is 1.78 bits per heavy atom. The van der Waals surface area contributed by atoms with Crippen LogP contribution in [0, 0.1) is 5.92 Å². The second-order valence-corrected chi connectivity index (χ2v) is 10.3. The van der Waals surface area contributed by atoms with Crippen molar-refractivity contribution in [2.45, 2.75) is 63.8 Å². The first-order valence-electron chi connectivity index (χ1n) is 13.4. The smallest absolute Gasteiger partial charge is 0.225 e. The molecule has 36 heavy (non-hydrogen) atoms. The topological polar surface area (TPSA) is 74.4 Å². The first-order valence-corrected chi connectivity index (χ1v) is 13.4. The second kappa shape index (κ2) is 11.2. The number of carbonyl (C=O) groups is 2. The Morgan fingerprint density at radius 1 is 1.00 bits per heavy atom. The third-order valence-electron chi connectivity index (χ3n) is 7.88. The number of methoxy groups -OCH3 is 1. The number of carbonyl (C=O) groups excluding carboxylic acids is 2. The van der Waals surface area contributed by atoms with Gasteiger partial charge in [0.25, 0.3) is 0 Å². The van der Waals surface area contributed by atoms with E-state index >= 15 is 0 Å². The van der Waals surface area contributed by atoms with E-state index in [1.807, 2.05) is 29.2 Å². The maximum Gasteiger partial charge on any atom is 0.225 e. The van der Waals surface area contributed by atoms with E-state index in [9.17, 15) is 9.59 Å². The molecule has 2 fully saturated rings. The summed E-state index contributed by atoms with van der Waals surface area (Å²) >= 11 is 0. The van der Waals surface area contributed by atoms with E-state index < -0.39 is 0 Å². The quantitative estimate of drug-likeness (QED) is 0.465. The normalized spacial score (nSPS) is 18.8. The van der Waals surface area contributed by atoms with Gasteiger partial charge in [0.2, 0.25) is 11.8 Å². The molecule has 1 aliphatic heterocycles. The lowest BCUT2D eigenvalue weighted by Gasteiger charge is -2.33. The molecule has 1 saturated carbocycles. The Morgan fingerprint density at radius 3 is 2.56 bits per heavy atom. The molecule has 2 heterocycles. The van der Waals surface area contributed by atoms with Crippen LogP contribution in [0.2, 0.25) is 0 Å². The van der Waals surface area contributed by atoms with Gasteiger partial charge in [0.05, 0.1) is 13.0 Å². The van der Waals surface area contributed by atoms with Crippen molar-refractivity contribution >= 4 is 22.7 Å². The van der Waals surface area contributed by atoms with Gasteiger partial charge in [0, 0.05) is 42.1 Å². The molecule has 2 amide bonds. The van der Waals surface area contributed by atoms with E-state index in [0.717, 1.165) is 65.7 Å². The number of fused-ring (bicyclic) bond motifs is 1. The lowest BCUT2D eigenvalue weighted by Crippen LogP contribution is -2.48. The van der Waals surface area contributed by atoms with Crippen LogP contribution in [-0.4, -0.2) is 47.9 Å². The highest BCUT2D eigenvalue weighted by molar-refractivity contribution is 5.91. The zero-order valence-electron chi connectivity index (χ0n) is 21.2. The summed E-state index contributed by atoms with van der Waals surface area (Å²) in [6.45, 7) is 1.28. The fourth-order valence-corrected chi connectivity index (χ4v) is 5.84. The van der Waals surface area contributed by atoms with E-state index in [1.54, 1.807) is 7.11 Å². The van der Waals surface area contributed by atoms with Gasteiger partial charge < -0.3 is 19.9 Å². The Bertz CT molecular complexity index is 1190. The lowest BCUT2D eigenvalue weighted by atomic mass is 9.92. The fraction of sp³-hybridized carbons (Fsp3) is 0.467. The van der Waals surface area contributed by atoms with E-state index in [1.165, 1.54) is 19.3 Å². The Labute approximate surface area is 213 Å². The number of para-hydroxylation sites is 1. The molecule has 1 saturated heterocycles. The molecule has 190 valence electrons. The van der Waals surface area contributed by atoms with Crippen LogP contribution in [-0.2, 0) is 16.0 Å². The molecular formula is C30H37N3O3. The zero-order chi connectivity index (χ0) is 24.9. The van der Waals surface area contributed by atoms with Crippen molar-refractivity contribution in [3.63, 3.8) is 0 Å². The maximum atomic E-state index is 13.3. The highest BCUT2D eigenvalue weighted by Crippen LogP contribution is 2.32. The monoisotopic (exact) mass is 487 g/mol. The van der Waals surface area contributed by atoms with Crippen molar-refractivity contribution in [2.24, 2.45) is 5.92 Å². The van der Waals surface area contributed by atoms with Gasteiger partial charge in [-0.25, -0.2) is 0 Å². The number of hydrogen-bond donors (Lipinski definition) is 2. The summed E-state index contributed by atoms with van der Waals surface area (Å²) in [6, 6.07) is 16.6. The molecule has 2 aliphatic rings. The van der Waals surface area contributed by atoms with Gasteiger partial charge in [-0.2, -0.15) is 0 Å². The largest absolute Gasteiger partial charge is 0.497 e. The minimum atomic E-state index is -0.0902. The van der Waals surface area contributed by atoms with Crippen LogP contribution >= 0.6 is 0 Å². The van der Waals surface area contributed by atoms with Crippen molar-refractivity contribution in [3.05, 3.63) is 54.1 Å². The van der Waals surface area contributed by atoms with Gasteiger partial charge in [0.1, 0.15) is 5.75 Å². The van der Waals surface area contributed by atoms with Crippen molar-refractivity contribution in [1.82, 2.24) is 15.2 Å². The molecule has 6 heteroatoms. The molecule has 1 atom stereocenters. The summed E-state index contributed by atoms with van der Waals surface area (Å²) in [4.78, 5) is 31.7.